The summed E-state index contributed by atoms with van der Waals surface area (Å²) < 4.78 is 23.3. The van der Waals surface area contributed by atoms with Gasteiger partial charge in [0.1, 0.15) is 11.1 Å². The first-order chi connectivity index (χ1) is 9.43. The molecule has 0 atom stereocenters. The van der Waals surface area contributed by atoms with Crippen LogP contribution in [0.4, 0.5) is 5.00 Å². The van der Waals surface area contributed by atoms with Gasteiger partial charge in [-0.05, 0) is 23.6 Å². The second kappa shape index (κ2) is 5.45. The van der Waals surface area contributed by atoms with Gasteiger partial charge >= 0.3 is 0 Å². The lowest BCUT2D eigenvalue weighted by molar-refractivity contribution is 0.102. The molecule has 0 aliphatic carbocycles. The zero-order valence-electron chi connectivity index (χ0n) is 10.5. The van der Waals surface area contributed by atoms with Crippen molar-refractivity contribution < 1.29 is 13.2 Å². The van der Waals surface area contributed by atoms with E-state index in [4.69, 9.17) is 5.26 Å². The second-order valence-electron chi connectivity index (χ2n) is 4.00. The Bertz CT molecular complexity index is 801. The molecular formula is C13H10N2O3S2. The van der Waals surface area contributed by atoms with E-state index in [1.54, 1.807) is 23.6 Å². The number of rotatable bonds is 3. The minimum Gasteiger partial charge on any atom is -0.312 e. The fraction of sp³-hybridized carbons (Fsp3) is 0.0769. The van der Waals surface area contributed by atoms with Gasteiger partial charge in [-0.1, -0.05) is 12.1 Å². The number of nitrogens with one attached hydrogen (secondary N) is 1. The van der Waals surface area contributed by atoms with Gasteiger partial charge < -0.3 is 5.32 Å². The lowest BCUT2D eigenvalue weighted by Gasteiger charge is -2.07. The number of anilines is 1. The van der Waals surface area contributed by atoms with Crippen LogP contribution in [0, 0.1) is 11.3 Å². The third-order valence-corrected chi connectivity index (χ3v) is 4.53. The number of thiophene rings is 1. The van der Waals surface area contributed by atoms with Crippen molar-refractivity contribution in [3.63, 3.8) is 0 Å². The highest BCUT2D eigenvalue weighted by Gasteiger charge is 2.19. The lowest BCUT2D eigenvalue weighted by Crippen LogP contribution is -2.15. The van der Waals surface area contributed by atoms with E-state index < -0.39 is 15.7 Å². The molecule has 0 saturated carbocycles. The Morgan fingerprint density at radius 3 is 2.65 bits per heavy atom. The highest BCUT2D eigenvalue weighted by atomic mass is 32.2. The third kappa shape index (κ3) is 2.87. The number of hydrogen-bond donors (Lipinski definition) is 1. The van der Waals surface area contributed by atoms with Gasteiger partial charge in [-0.15, -0.1) is 11.3 Å². The maximum absolute atomic E-state index is 12.2. The largest absolute Gasteiger partial charge is 0.312 e. The van der Waals surface area contributed by atoms with Gasteiger partial charge in [-0.3, -0.25) is 4.79 Å². The standard InChI is InChI=1S/C13H10N2O3S2/c1-20(17,18)11-5-3-2-4-10(11)12(16)15-13-9(8-14)6-7-19-13/h2-7H,1H3,(H,15,16). The van der Waals surface area contributed by atoms with Crippen molar-refractivity contribution >= 4 is 32.1 Å². The monoisotopic (exact) mass is 306 g/mol. The van der Waals surface area contributed by atoms with Crippen LogP contribution < -0.4 is 5.32 Å². The summed E-state index contributed by atoms with van der Waals surface area (Å²) in [5, 5.41) is 13.5. The molecule has 1 aromatic carbocycles. The zero-order chi connectivity index (χ0) is 14.8. The number of hydrogen-bond acceptors (Lipinski definition) is 5. The summed E-state index contributed by atoms with van der Waals surface area (Å²) in [5.74, 6) is -0.551. The molecule has 0 bridgehead atoms. The molecule has 2 rings (SSSR count). The van der Waals surface area contributed by atoms with Gasteiger partial charge in [0.25, 0.3) is 5.91 Å². The maximum atomic E-state index is 12.2. The Morgan fingerprint density at radius 2 is 2.00 bits per heavy atom. The fourth-order valence-corrected chi connectivity index (χ4v) is 3.26. The van der Waals surface area contributed by atoms with Gasteiger partial charge in [0.15, 0.2) is 9.84 Å². The molecule has 0 aliphatic heterocycles. The predicted molar refractivity (Wildman–Crippen MR) is 76.5 cm³/mol. The van der Waals surface area contributed by atoms with Crippen LogP contribution >= 0.6 is 11.3 Å². The molecule has 1 N–H and O–H groups in total. The second-order valence-corrected chi connectivity index (χ2v) is 6.90. The van der Waals surface area contributed by atoms with Crippen molar-refractivity contribution in [2.45, 2.75) is 4.90 Å². The summed E-state index contributed by atoms with van der Waals surface area (Å²) in [6.45, 7) is 0. The van der Waals surface area contributed by atoms with Crippen LogP contribution in [0.3, 0.4) is 0 Å². The van der Waals surface area contributed by atoms with Crippen LogP contribution in [0.15, 0.2) is 40.6 Å². The number of benzene rings is 1. The Kier molecular flexibility index (Phi) is 3.88. The van der Waals surface area contributed by atoms with Gasteiger partial charge in [-0.2, -0.15) is 5.26 Å². The first-order valence-corrected chi connectivity index (χ1v) is 8.28. The summed E-state index contributed by atoms with van der Waals surface area (Å²) in [5.41, 5.74) is 0.410. The van der Waals surface area contributed by atoms with E-state index in [2.05, 4.69) is 5.32 Å². The lowest BCUT2D eigenvalue weighted by atomic mass is 10.2. The Hall–Kier alpha value is -2.17. The summed E-state index contributed by atoms with van der Waals surface area (Å²) in [6.07, 6.45) is 1.05. The highest BCUT2D eigenvalue weighted by Crippen LogP contribution is 2.24. The molecule has 1 amide bonds. The average Bonchev–Trinajstić information content (AvgIpc) is 2.85. The minimum absolute atomic E-state index is 0.0347. The number of nitrogens with zero attached hydrogens (tertiary/aromatic N) is 1. The van der Waals surface area contributed by atoms with Gasteiger partial charge in [0.2, 0.25) is 0 Å². The molecule has 1 heterocycles. The number of nitriles is 1. The molecule has 20 heavy (non-hydrogen) atoms. The maximum Gasteiger partial charge on any atom is 0.257 e. The van der Waals surface area contributed by atoms with E-state index in [1.807, 2.05) is 6.07 Å². The van der Waals surface area contributed by atoms with Crippen LogP contribution in [0.2, 0.25) is 0 Å². The summed E-state index contributed by atoms with van der Waals surface area (Å²) in [7, 11) is -3.50. The third-order valence-electron chi connectivity index (χ3n) is 2.54. The molecule has 0 unspecified atom stereocenters. The van der Waals surface area contributed by atoms with Crippen molar-refractivity contribution in [2.75, 3.05) is 11.6 Å². The molecule has 7 heteroatoms. The van der Waals surface area contributed by atoms with Gasteiger partial charge in [0, 0.05) is 6.26 Å². The Labute approximate surface area is 120 Å². The average molecular weight is 306 g/mol. The quantitative estimate of drug-likeness (QED) is 0.942. The molecule has 1 aromatic heterocycles. The molecule has 2 aromatic rings. The van der Waals surface area contributed by atoms with Crippen molar-refractivity contribution in [1.82, 2.24) is 0 Å². The molecular weight excluding hydrogens is 296 g/mol. The summed E-state index contributed by atoms with van der Waals surface area (Å²) in [4.78, 5) is 12.1. The molecule has 0 saturated heterocycles. The van der Waals surface area contributed by atoms with E-state index in [-0.39, 0.29) is 10.5 Å². The van der Waals surface area contributed by atoms with E-state index in [0.717, 1.165) is 6.26 Å². The molecule has 0 spiro atoms. The number of carbonyl (C=O) groups is 1. The molecule has 0 aliphatic rings. The van der Waals surface area contributed by atoms with Crippen molar-refractivity contribution in [2.24, 2.45) is 0 Å². The van der Waals surface area contributed by atoms with Gasteiger partial charge in [0.05, 0.1) is 16.0 Å². The van der Waals surface area contributed by atoms with E-state index in [0.29, 0.717) is 10.6 Å². The fourth-order valence-electron chi connectivity index (χ4n) is 1.64. The van der Waals surface area contributed by atoms with E-state index >= 15 is 0 Å². The highest BCUT2D eigenvalue weighted by molar-refractivity contribution is 7.90. The predicted octanol–water partition coefficient (Wildman–Crippen LogP) is 2.28. The molecule has 5 nitrogen and oxygen atoms in total. The van der Waals surface area contributed by atoms with Crippen LogP contribution in [-0.2, 0) is 9.84 Å². The number of sulfone groups is 1. The summed E-state index contributed by atoms with van der Waals surface area (Å²) in [6, 6.07) is 9.50. The van der Waals surface area contributed by atoms with Crippen molar-refractivity contribution in [1.29, 1.82) is 5.26 Å². The molecule has 0 radical (unpaired) electrons. The smallest absolute Gasteiger partial charge is 0.257 e. The molecule has 102 valence electrons. The minimum atomic E-state index is -3.50. The van der Waals surface area contributed by atoms with Crippen molar-refractivity contribution in [3.8, 4) is 6.07 Å². The summed E-state index contributed by atoms with van der Waals surface area (Å²) >= 11 is 1.21. The number of carbonyl (C=O) groups excluding carboxylic acids is 1. The van der Waals surface area contributed by atoms with E-state index in [1.165, 1.54) is 23.5 Å². The SMILES string of the molecule is CS(=O)(=O)c1ccccc1C(=O)Nc1sccc1C#N. The Balaban J connectivity index is 2.39. The topological polar surface area (TPSA) is 87.0 Å². The normalized spacial score (nSPS) is 10.8. The van der Waals surface area contributed by atoms with Crippen LogP contribution in [-0.4, -0.2) is 20.6 Å². The number of amides is 1. The zero-order valence-corrected chi connectivity index (χ0v) is 12.1. The molecule has 0 fully saturated rings. The van der Waals surface area contributed by atoms with E-state index in [9.17, 15) is 13.2 Å². The Morgan fingerprint density at radius 1 is 1.30 bits per heavy atom. The van der Waals surface area contributed by atoms with Crippen LogP contribution in [0.25, 0.3) is 0 Å². The van der Waals surface area contributed by atoms with Crippen LogP contribution in [0.1, 0.15) is 15.9 Å². The van der Waals surface area contributed by atoms with Crippen molar-refractivity contribution in [3.05, 3.63) is 46.8 Å². The van der Waals surface area contributed by atoms with Crippen LogP contribution in [0.5, 0.6) is 0 Å². The first-order valence-electron chi connectivity index (χ1n) is 5.51. The first kappa shape index (κ1) is 14.2. The van der Waals surface area contributed by atoms with Gasteiger partial charge in [-0.25, -0.2) is 8.42 Å².